The molecule has 158 valence electrons. The molecule has 3 N–H and O–H groups in total. The number of benzene rings is 1. The minimum absolute atomic E-state index is 0.132. The monoisotopic (exact) mass is 410 g/mol. The molecule has 1 fully saturated rings. The second-order valence-electron chi connectivity index (χ2n) is 7.12. The molecule has 0 saturated carbocycles. The van der Waals surface area contributed by atoms with Crippen molar-refractivity contribution < 1.29 is 19.3 Å². The maximum atomic E-state index is 9.86. The molecule has 3 heterocycles. The molecule has 8 nitrogen and oxygen atoms in total. The molecular formula is C22H26N4O4. The summed E-state index contributed by atoms with van der Waals surface area (Å²) in [5, 5.41) is 10.7. The van der Waals surface area contributed by atoms with Crippen LogP contribution in [0, 0.1) is 0 Å². The van der Waals surface area contributed by atoms with Crippen LogP contribution in [0.15, 0.2) is 42.7 Å². The first-order chi connectivity index (χ1) is 14.7. The van der Waals surface area contributed by atoms with Crippen LogP contribution in [0.4, 0.5) is 5.82 Å². The van der Waals surface area contributed by atoms with Gasteiger partial charge in [-0.3, -0.25) is 9.88 Å². The molecule has 0 spiro atoms. The van der Waals surface area contributed by atoms with Crippen molar-refractivity contribution in [1.82, 2.24) is 14.9 Å². The number of aliphatic hydroxyl groups is 1. The molecule has 0 aliphatic carbocycles. The van der Waals surface area contributed by atoms with E-state index < -0.39 is 0 Å². The van der Waals surface area contributed by atoms with Gasteiger partial charge in [-0.05, 0) is 30.7 Å². The van der Waals surface area contributed by atoms with Gasteiger partial charge < -0.3 is 25.1 Å². The first-order valence-corrected chi connectivity index (χ1v) is 10.1. The average molecular weight is 410 g/mol. The van der Waals surface area contributed by atoms with E-state index in [2.05, 4.69) is 14.9 Å². The Morgan fingerprint density at radius 2 is 1.97 bits per heavy atom. The van der Waals surface area contributed by atoms with Crippen LogP contribution in [0.25, 0.3) is 10.9 Å². The Balaban J connectivity index is 1.47. The Bertz CT molecular complexity index is 975. The molecule has 8 heteroatoms. The van der Waals surface area contributed by atoms with Crippen LogP contribution in [0.1, 0.15) is 12.0 Å². The number of morpholine rings is 1. The fraction of sp³-hybridized carbons (Fsp3) is 0.364. The van der Waals surface area contributed by atoms with Crippen molar-refractivity contribution in [3.8, 4) is 17.2 Å². The summed E-state index contributed by atoms with van der Waals surface area (Å²) < 4.78 is 17.3. The fourth-order valence-electron chi connectivity index (χ4n) is 3.41. The van der Waals surface area contributed by atoms with Crippen molar-refractivity contribution in [3.63, 3.8) is 0 Å². The van der Waals surface area contributed by atoms with Gasteiger partial charge in [0.15, 0.2) is 0 Å². The minimum Gasteiger partial charge on any atom is -0.493 e. The van der Waals surface area contributed by atoms with E-state index in [4.69, 9.17) is 19.9 Å². The van der Waals surface area contributed by atoms with Gasteiger partial charge in [0, 0.05) is 42.8 Å². The highest BCUT2D eigenvalue weighted by molar-refractivity contribution is 5.87. The van der Waals surface area contributed by atoms with Gasteiger partial charge in [-0.1, -0.05) is 0 Å². The summed E-state index contributed by atoms with van der Waals surface area (Å²) in [5.41, 5.74) is 7.06. The molecule has 2 aromatic heterocycles. The highest BCUT2D eigenvalue weighted by atomic mass is 16.5. The van der Waals surface area contributed by atoms with Crippen molar-refractivity contribution in [2.45, 2.75) is 13.0 Å². The van der Waals surface area contributed by atoms with Crippen molar-refractivity contribution in [2.24, 2.45) is 0 Å². The summed E-state index contributed by atoms with van der Waals surface area (Å²) >= 11 is 0. The van der Waals surface area contributed by atoms with Gasteiger partial charge in [0.05, 0.1) is 38.1 Å². The van der Waals surface area contributed by atoms with Gasteiger partial charge >= 0.3 is 0 Å². The van der Waals surface area contributed by atoms with E-state index >= 15 is 0 Å². The topological polar surface area (TPSA) is 103 Å². The fourth-order valence-corrected chi connectivity index (χ4v) is 3.41. The zero-order chi connectivity index (χ0) is 20.8. The summed E-state index contributed by atoms with van der Waals surface area (Å²) in [7, 11) is 0. The zero-order valence-electron chi connectivity index (χ0n) is 16.8. The van der Waals surface area contributed by atoms with Gasteiger partial charge in [-0.2, -0.15) is 0 Å². The first-order valence-electron chi connectivity index (χ1n) is 10.1. The SMILES string of the molecule is Nc1ccc(Oc2ccnc3cc(OCCCN4CCOCC4)c(CO)cc23)cn1. The Morgan fingerprint density at radius 1 is 1.10 bits per heavy atom. The van der Waals surface area contributed by atoms with Crippen LogP contribution < -0.4 is 15.2 Å². The van der Waals surface area contributed by atoms with Crippen molar-refractivity contribution in [1.29, 1.82) is 0 Å². The van der Waals surface area contributed by atoms with E-state index in [-0.39, 0.29) is 6.61 Å². The Morgan fingerprint density at radius 3 is 2.73 bits per heavy atom. The summed E-state index contributed by atoms with van der Waals surface area (Å²) in [4.78, 5) is 10.9. The summed E-state index contributed by atoms with van der Waals surface area (Å²) in [6.07, 6.45) is 4.16. The van der Waals surface area contributed by atoms with E-state index in [1.54, 1.807) is 30.6 Å². The molecule has 4 rings (SSSR count). The number of nitrogens with two attached hydrogens (primary N) is 1. The lowest BCUT2D eigenvalue weighted by atomic mass is 10.1. The van der Waals surface area contributed by atoms with Crippen molar-refractivity contribution in [3.05, 3.63) is 48.3 Å². The number of anilines is 1. The number of rotatable bonds is 8. The number of ether oxygens (including phenoxy) is 3. The van der Waals surface area contributed by atoms with Crippen molar-refractivity contribution >= 4 is 16.7 Å². The third-order valence-electron chi connectivity index (χ3n) is 5.02. The van der Waals surface area contributed by atoms with Crippen LogP contribution in [-0.4, -0.2) is 59.4 Å². The Hall–Kier alpha value is -2.94. The van der Waals surface area contributed by atoms with Crippen LogP contribution in [0.5, 0.6) is 17.2 Å². The number of nitrogens with zero attached hydrogens (tertiary/aromatic N) is 3. The molecular weight excluding hydrogens is 384 g/mol. The van der Waals surface area contributed by atoms with Crippen LogP contribution in [0.2, 0.25) is 0 Å². The van der Waals surface area contributed by atoms with E-state index in [1.807, 2.05) is 12.1 Å². The molecule has 1 aromatic carbocycles. The zero-order valence-corrected chi connectivity index (χ0v) is 16.8. The summed E-state index contributed by atoms with van der Waals surface area (Å²) in [6.45, 7) is 4.93. The van der Waals surface area contributed by atoms with Crippen LogP contribution in [-0.2, 0) is 11.3 Å². The Labute approximate surface area is 175 Å². The van der Waals surface area contributed by atoms with E-state index in [1.165, 1.54) is 0 Å². The molecule has 0 radical (unpaired) electrons. The minimum atomic E-state index is -0.132. The predicted molar refractivity (Wildman–Crippen MR) is 114 cm³/mol. The highest BCUT2D eigenvalue weighted by Gasteiger charge is 2.13. The number of aromatic nitrogens is 2. The van der Waals surface area contributed by atoms with Gasteiger partial charge in [0.25, 0.3) is 0 Å². The lowest BCUT2D eigenvalue weighted by Gasteiger charge is -2.26. The van der Waals surface area contributed by atoms with Gasteiger partial charge in [0.1, 0.15) is 23.1 Å². The second-order valence-corrected chi connectivity index (χ2v) is 7.12. The second kappa shape index (κ2) is 9.71. The van der Waals surface area contributed by atoms with Gasteiger partial charge in [-0.15, -0.1) is 0 Å². The van der Waals surface area contributed by atoms with Crippen LogP contribution in [0.3, 0.4) is 0 Å². The predicted octanol–water partition coefficient (Wildman–Crippen LogP) is 2.60. The largest absolute Gasteiger partial charge is 0.493 e. The molecule has 0 bridgehead atoms. The lowest BCUT2D eigenvalue weighted by molar-refractivity contribution is 0.0357. The van der Waals surface area contributed by atoms with E-state index in [0.717, 1.165) is 50.2 Å². The third kappa shape index (κ3) is 4.96. The highest BCUT2D eigenvalue weighted by Crippen LogP contribution is 2.33. The maximum absolute atomic E-state index is 9.86. The van der Waals surface area contributed by atoms with Gasteiger partial charge in [-0.25, -0.2) is 4.98 Å². The van der Waals surface area contributed by atoms with E-state index in [9.17, 15) is 5.11 Å². The third-order valence-corrected chi connectivity index (χ3v) is 5.02. The molecule has 1 saturated heterocycles. The first kappa shape index (κ1) is 20.3. The Kier molecular flexibility index (Phi) is 6.58. The number of pyridine rings is 2. The standard InChI is InChI=1S/C22H26N4O4/c23-22-3-2-17(14-25-22)30-20-4-5-24-19-13-21(16(15-27)12-18(19)20)29-9-1-6-26-7-10-28-11-8-26/h2-5,12-14,27H,1,6-11,15H2,(H2,23,25). The van der Waals surface area contributed by atoms with Crippen molar-refractivity contribution in [2.75, 3.05) is 45.2 Å². The molecule has 0 amide bonds. The number of fused-ring (bicyclic) bond motifs is 1. The normalized spacial score (nSPS) is 14.7. The maximum Gasteiger partial charge on any atom is 0.145 e. The van der Waals surface area contributed by atoms with Crippen LogP contribution >= 0.6 is 0 Å². The molecule has 1 aliphatic rings. The number of aliphatic hydroxyl groups excluding tert-OH is 1. The smallest absolute Gasteiger partial charge is 0.145 e. The number of hydrogen-bond acceptors (Lipinski definition) is 8. The molecule has 0 atom stereocenters. The summed E-state index contributed by atoms with van der Waals surface area (Å²) in [6, 6.07) is 8.93. The quantitative estimate of drug-likeness (QED) is 0.546. The molecule has 0 unspecified atom stereocenters. The number of nitrogen functional groups attached to an aromatic ring is 1. The average Bonchev–Trinajstić information content (AvgIpc) is 2.78. The number of hydrogen-bond donors (Lipinski definition) is 2. The molecule has 3 aromatic rings. The molecule has 1 aliphatic heterocycles. The molecule has 30 heavy (non-hydrogen) atoms. The van der Waals surface area contributed by atoms with Gasteiger partial charge in [0.2, 0.25) is 0 Å². The lowest BCUT2D eigenvalue weighted by Crippen LogP contribution is -2.37. The van der Waals surface area contributed by atoms with E-state index in [0.29, 0.717) is 35.2 Å². The summed E-state index contributed by atoms with van der Waals surface area (Å²) in [5.74, 6) is 2.27.